The van der Waals surface area contributed by atoms with Crippen molar-refractivity contribution in [3.8, 4) is 11.5 Å². The zero-order valence-corrected chi connectivity index (χ0v) is 17.9. The van der Waals surface area contributed by atoms with E-state index in [9.17, 15) is 4.79 Å². The smallest absolute Gasteiger partial charge is 0.313 e. The van der Waals surface area contributed by atoms with Gasteiger partial charge >= 0.3 is 5.97 Å². The number of carbonyl (C=O) groups excluding carboxylic acids is 1. The fraction of sp³-hybridized carbons (Fsp3) is 0.625. The Balaban J connectivity index is 1.57. The standard InChI is InChI=1S/C24H33NO4/c1-25-14-13-24(18-9-10-20(27-2)21(15-18)28-3)12-11-19(16-22(24)25)29-23(26)17-7-5-4-6-8-17/h9-10,15-17,22H,4-8,11-14H2,1-3H3. The van der Waals surface area contributed by atoms with Crippen molar-refractivity contribution in [1.82, 2.24) is 4.90 Å². The predicted molar refractivity (Wildman–Crippen MR) is 112 cm³/mol. The molecule has 0 aromatic heterocycles. The summed E-state index contributed by atoms with van der Waals surface area (Å²) in [5.41, 5.74) is 1.30. The van der Waals surface area contributed by atoms with E-state index in [4.69, 9.17) is 14.2 Å². The number of likely N-dealkylation sites (N-methyl/N-ethyl adjacent to an activating group) is 1. The highest BCUT2D eigenvalue weighted by Crippen LogP contribution is 2.49. The van der Waals surface area contributed by atoms with Crippen molar-refractivity contribution < 1.29 is 19.0 Å². The first kappa shape index (κ1) is 20.3. The number of esters is 1. The Morgan fingerprint density at radius 3 is 2.55 bits per heavy atom. The molecule has 1 aromatic carbocycles. The van der Waals surface area contributed by atoms with Gasteiger partial charge < -0.3 is 14.2 Å². The fourth-order valence-corrected chi connectivity index (χ4v) is 5.49. The van der Waals surface area contributed by atoms with Crippen LogP contribution in [0.25, 0.3) is 0 Å². The van der Waals surface area contributed by atoms with E-state index in [0.717, 1.165) is 68.7 Å². The molecule has 1 saturated heterocycles. The molecular weight excluding hydrogens is 366 g/mol. The first-order valence-electron chi connectivity index (χ1n) is 10.9. The van der Waals surface area contributed by atoms with Gasteiger partial charge in [-0.15, -0.1) is 0 Å². The molecule has 4 rings (SSSR count). The first-order valence-corrected chi connectivity index (χ1v) is 10.9. The van der Waals surface area contributed by atoms with Crippen LogP contribution in [0, 0.1) is 5.92 Å². The van der Waals surface area contributed by atoms with Crippen molar-refractivity contribution in [2.24, 2.45) is 5.92 Å². The SMILES string of the molecule is COc1ccc(C23CCC(OC(=O)C4CCCCC4)=CC2N(C)CC3)cc1OC. The zero-order valence-electron chi connectivity index (χ0n) is 17.9. The lowest BCUT2D eigenvalue weighted by atomic mass is 9.68. The Morgan fingerprint density at radius 1 is 1.07 bits per heavy atom. The maximum Gasteiger partial charge on any atom is 0.313 e. The van der Waals surface area contributed by atoms with Crippen LogP contribution in [0.3, 0.4) is 0 Å². The third kappa shape index (κ3) is 3.77. The molecule has 2 fully saturated rings. The third-order valence-electron chi connectivity index (χ3n) is 7.24. The van der Waals surface area contributed by atoms with Crippen LogP contribution in [-0.4, -0.2) is 44.7 Å². The molecule has 1 aliphatic heterocycles. The van der Waals surface area contributed by atoms with E-state index in [1.54, 1.807) is 14.2 Å². The molecule has 0 N–H and O–H groups in total. The van der Waals surface area contributed by atoms with Crippen LogP contribution in [0.2, 0.25) is 0 Å². The second-order valence-corrected chi connectivity index (χ2v) is 8.79. The summed E-state index contributed by atoms with van der Waals surface area (Å²) in [4.78, 5) is 15.0. The second-order valence-electron chi connectivity index (χ2n) is 8.79. The van der Waals surface area contributed by atoms with E-state index in [0.29, 0.717) is 0 Å². The average molecular weight is 400 g/mol. The van der Waals surface area contributed by atoms with Crippen molar-refractivity contribution in [1.29, 1.82) is 0 Å². The molecule has 0 bridgehead atoms. The molecule has 158 valence electrons. The van der Waals surface area contributed by atoms with Gasteiger partial charge in [-0.3, -0.25) is 9.69 Å². The normalized spacial score (nSPS) is 27.8. The van der Waals surface area contributed by atoms with E-state index in [1.165, 1.54) is 12.0 Å². The summed E-state index contributed by atoms with van der Waals surface area (Å²) in [5, 5.41) is 0. The van der Waals surface area contributed by atoms with Gasteiger partial charge in [-0.1, -0.05) is 25.3 Å². The minimum atomic E-state index is -0.0183. The Kier molecular flexibility index (Phi) is 5.86. The van der Waals surface area contributed by atoms with Crippen LogP contribution in [0.5, 0.6) is 11.5 Å². The molecule has 2 unspecified atom stereocenters. The lowest BCUT2D eigenvalue weighted by Gasteiger charge is -2.40. The van der Waals surface area contributed by atoms with Crippen LogP contribution in [-0.2, 0) is 14.9 Å². The molecule has 29 heavy (non-hydrogen) atoms. The van der Waals surface area contributed by atoms with Gasteiger partial charge in [0.25, 0.3) is 0 Å². The summed E-state index contributed by atoms with van der Waals surface area (Å²) < 4.78 is 16.9. The average Bonchev–Trinajstić information content (AvgIpc) is 3.11. The van der Waals surface area contributed by atoms with Crippen molar-refractivity contribution in [3.05, 3.63) is 35.6 Å². The number of fused-ring (bicyclic) bond motifs is 1. The van der Waals surface area contributed by atoms with Gasteiger partial charge in [-0.05, 0) is 63.0 Å². The summed E-state index contributed by atoms with van der Waals surface area (Å²) in [6.07, 6.45) is 10.6. The largest absolute Gasteiger partial charge is 0.493 e. The second kappa shape index (κ2) is 8.39. The highest BCUT2D eigenvalue weighted by atomic mass is 16.5. The number of nitrogens with zero attached hydrogens (tertiary/aromatic N) is 1. The van der Waals surface area contributed by atoms with E-state index < -0.39 is 0 Å². The molecular formula is C24H33NO4. The molecule has 1 heterocycles. The Hall–Kier alpha value is -2.01. The minimum absolute atomic E-state index is 0.0183. The molecule has 0 amide bonds. The van der Waals surface area contributed by atoms with E-state index in [-0.39, 0.29) is 23.3 Å². The van der Waals surface area contributed by atoms with Gasteiger partial charge in [0.1, 0.15) is 5.76 Å². The number of carbonyl (C=O) groups is 1. The first-order chi connectivity index (χ1) is 14.1. The molecule has 0 spiro atoms. The number of hydrogen-bond donors (Lipinski definition) is 0. The number of hydrogen-bond acceptors (Lipinski definition) is 5. The van der Waals surface area contributed by atoms with Crippen molar-refractivity contribution >= 4 is 5.97 Å². The van der Waals surface area contributed by atoms with Crippen molar-refractivity contribution in [2.45, 2.75) is 62.8 Å². The number of ether oxygens (including phenoxy) is 3. The molecule has 1 saturated carbocycles. The number of rotatable bonds is 5. The predicted octanol–water partition coefficient (Wildman–Crippen LogP) is 4.45. The van der Waals surface area contributed by atoms with Gasteiger partial charge in [0, 0.05) is 17.9 Å². The topological polar surface area (TPSA) is 48.0 Å². The van der Waals surface area contributed by atoms with Gasteiger partial charge in [0.05, 0.1) is 20.1 Å². The van der Waals surface area contributed by atoms with Crippen LogP contribution in [0.1, 0.15) is 56.9 Å². The molecule has 1 aromatic rings. The summed E-state index contributed by atoms with van der Waals surface area (Å²) in [6.45, 7) is 1.03. The lowest BCUT2D eigenvalue weighted by molar-refractivity contribution is -0.145. The summed E-state index contributed by atoms with van der Waals surface area (Å²) in [7, 11) is 5.51. The highest BCUT2D eigenvalue weighted by Gasteiger charge is 2.48. The third-order valence-corrected chi connectivity index (χ3v) is 7.24. The van der Waals surface area contributed by atoms with E-state index in [1.807, 2.05) is 6.07 Å². The quantitative estimate of drug-likeness (QED) is 0.685. The zero-order chi connectivity index (χ0) is 20.4. The molecule has 2 aliphatic carbocycles. The van der Waals surface area contributed by atoms with E-state index >= 15 is 0 Å². The van der Waals surface area contributed by atoms with Crippen LogP contribution in [0.15, 0.2) is 30.0 Å². The molecule has 0 radical (unpaired) electrons. The number of likely N-dealkylation sites (tertiary alicyclic amines) is 1. The van der Waals surface area contributed by atoms with E-state index in [2.05, 4.69) is 30.2 Å². The lowest BCUT2D eigenvalue weighted by Crippen LogP contribution is -2.42. The van der Waals surface area contributed by atoms with Gasteiger partial charge in [0.2, 0.25) is 0 Å². The Morgan fingerprint density at radius 2 is 1.83 bits per heavy atom. The summed E-state index contributed by atoms with van der Waals surface area (Å²) in [5.74, 6) is 2.45. The van der Waals surface area contributed by atoms with Gasteiger partial charge in [0.15, 0.2) is 11.5 Å². The highest BCUT2D eigenvalue weighted by molar-refractivity contribution is 5.73. The minimum Gasteiger partial charge on any atom is -0.493 e. The number of methoxy groups -OCH3 is 2. The van der Waals surface area contributed by atoms with Crippen molar-refractivity contribution in [2.75, 3.05) is 27.8 Å². The molecule has 3 aliphatic rings. The van der Waals surface area contributed by atoms with Crippen LogP contribution >= 0.6 is 0 Å². The summed E-state index contributed by atoms with van der Waals surface area (Å²) >= 11 is 0. The maximum absolute atomic E-state index is 12.6. The number of benzene rings is 1. The van der Waals surface area contributed by atoms with Gasteiger partial charge in [-0.2, -0.15) is 0 Å². The Labute approximate surface area is 174 Å². The van der Waals surface area contributed by atoms with Crippen molar-refractivity contribution in [3.63, 3.8) is 0 Å². The van der Waals surface area contributed by atoms with Crippen LogP contribution in [0.4, 0.5) is 0 Å². The fourth-order valence-electron chi connectivity index (χ4n) is 5.49. The number of allylic oxidation sites excluding steroid dienone is 1. The molecule has 5 nitrogen and oxygen atoms in total. The maximum atomic E-state index is 12.6. The molecule has 2 atom stereocenters. The van der Waals surface area contributed by atoms with Gasteiger partial charge in [-0.25, -0.2) is 0 Å². The Bertz CT molecular complexity index is 783. The monoisotopic (exact) mass is 399 g/mol. The summed E-state index contributed by atoms with van der Waals surface area (Å²) in [6, 6.07) is 6.52. The molecule has 5 heteroatoms. The van der Waals surface area contributed by atoms with Crippen LogP contribution < -0.4 is 9.47 Å².